The van der Waals surface area contributed by atoms with E-state index in [4.69, 9.17) is 17.2 Å². The number of hydrogen-bond donors (Lipinski definition) is 3. The second-order valence-corrected chi connectivity index (χ2v) is 4.13. The summed E-state index contributed by atoms with van der Waals surface area (Å²) < 4.78 is 0. The van der Waals surface area contributed by atoms with Crippen LogP contribution in [0, 0.1) is 0 Å². The third-order valence-corrected chi connectivity index (χ3v) is 2.76. The van der Waals surface area contributed by atoms with Crippen LogP contribution in [-0.2, 0) is 0 Å². The van der Waals surface area contributed by atoms with Gasteiger partial charge in [-0.2, -0.15) is 0 Å². The van der Waals surface area contributed by atoms with E-state index in [1.54, 1.807) is 6.07 Å². The first-order chi connectivity index (χ1) is 9.15. The van der Waals surface area contributed by atoms with Crippen LogP contribution >= 0.6 is 0 Å². The lowest BCUT2D eigenvalue weighted by atomic mass is 10.1. The largest absolute Gasteiger partial charge is 0.397 e. The first-order valence-electron chi connectivity index (χ1n) is 5.70. The molecule has 2 heterocycles. The first-order valence-corrected chi connectivity index (χ1v) is 5.70. The summed E-state index contributed by atoms with van der Waals surface area (Å²) in [6.07, 6.45) is 0. The van der Waals surface area contributed by atoms with Gasteiger partial charge in [0.15, 0.2) is 11.5 Å². The van der Waals surface area contributed by atoms with Gasteiger partial charge in [0.05, 0.1) is 5.69 Å². The Morgan fingerprint density at radius 3 is 2.32 bits per heavy atom. The number of anilines is 3. The normalized spacial score (nSPS) is 10.7. The van der Waals surface area contributed by atoms with Gasteiger partial charge in [-0.25, -0.2) is 15.0 Å². The van der Waals surface area contributed by atoms with Gasteiger partial charge in [-0.3, -0.25) is 0 Å². The maximum Gasteiger partial charge on any atom is 0.184 e. The van der Waals surface area contributed by atoms with Gasteiger partial charge in [0.1, 0.15) is 17.0 Å². The molecule has 0 saturated heterocycles. The molecule has 94 valence electrons. The second-order valence-electron chi connectivity index (χ2n) is 4.13. The van der Waals surface area contributed by atoms with Crippen LogP contribution in [0.5, 0.6) is 0 Å². The van der Waals surface area contributed by atoms with E-state index in [2.05, 4.69) is 15.0 Å². The zero-order valence-corrected chi connectivity index (χ0v) is 10.0. The van der Waals surface area contributed by atoms with E-state index >= 15 is 0 Å². The van der Waals surface area contributed by atoms with Gasteiger partial charge in [0.2, 0.25) is 0 Å². The molecule has 0 unspecified atom stereocenters. The van der Waals surface area contributed by atoms with Crippen molar-refractivity contribution in [3.8, 4) is 11.3 Å². The number of nitrogen functional groups attached to an aromatic ring is 3. The average Bonchev–Trinajstić information content (AvgIpc) is 2.38. The Bertz CT molecular complexity index is 754. The molecule has 0 spiro atoms. The van der Waals surface area contributed by atoms with Crippen molar-refractivity contribution in [3.05, 3.63) is 36.4 Å². The summed E-state index contributed by atoms with van der Waals surface area (Å²) in [5, 5.41) is 0. The summed E-state index contributed by atoms with van der Waals surface area (Å²) in [7, 11) is 0. The van der Waals surface area contributed by atoms with Crippen LogP contribution in [0.1, 0.15) is 0 Å². The van der Waals surface area contributed by atoms with Gasteiger partial charge >= 0.3 is 0 Å². The van der Waals surface area contributed by atoms with E-state index in [1.807, 2.05) is 30.3 Å². The summed E-state index contributed by atoms with van der Waals surface area (Å²) in [5.74, 6) is 0.599. The van der Waals surface area contributed by atoms with Crippen molar-refractivity contribution in [2.45, 2.75) is 0 Å². The van der Waals surface area contributed by atoms with E-state index in [0.29, 0.717) is 34.2 Å². The summed E-state index contributed by atoms with van der Waals surface area (Å²) in [6, 6.07) is 11.1. The van der Waals surface area contributed by atoms with Gasteiger partial charge < -0.3 is 17.2 Å². The molecule has 6 N–H and O–H groups in total. The molecule has 0 aliphatic heterocycles. The Kier molecular flexibility index (Phi) is 2.42. The van der Waals surface area contributed by atoms with Crippen molar-refractivity contribution >= 4 is 28.5 Å². The van der Waals surface area contributed by atoms with E-state index in [0.717, 1.165) is 5.56 Å². The third-order valence-electron chi connectivity index (χ3n) is 2.76. The second kappa shape index (κ2) is 4.09. The summed E-state index contributed by atoms with van der Waals surface area (Å²) in [4.78, 5) is 12.7. The molecule has 0 atom stereocenters. The van der Waals surface area contributed by atoms with Crippen LogP contribution in [0.2, 0.25) is 0 Å². The molecule has 3 aromatic rings. The van der Waals surface area contributed by atoms with Crippen LogP contribution in [0.15, 0.2) is 36.4 Å². The average molecular weight is 252 g/mol. The number of benzene rings is 1. The lowest BCUT2D eigenvalue weighted by Gasteiger charge is -2.08. The summed E-state index contributed by atoms with van der Waals surface area (Å²) in [6.45, 7) is 0. The molecule has 0 saturated carbocycles. The van der Waals surface area contributed by atoms with Gasteiger partial charge in [0.25, 0.3) is 0 Å². The molecule has 2 aromatic heterocycles. The lowest BCUT2D eigenvalue weighted by Crippen LogP contribution is -2.03. The Balaban J connectivity index is 2.31. The smallest absolute Gasteiger partial charge is 0.184 e. The molecule has 6 heteroatoms. The Hall–Kier alpha value is -2.89. The van der Waals surface area contributed by atoms with Gasteiger partial charge in [0, 0.05) is 11.6 Å². The molecule has 0 fully saturated rings. The van der Waals surface area contributed by atoms with Crippen LogP contribution in [0.3, 0.4) is 0 Å². The molecule has 0 amide bonds. The van der Waals surface area contributed by atoms with E-state index in [1.165, 1.54) is 0 Å². The highest BCUT2D eigenvalue weighted by atomic mass is 15.0. The van der Waals surface area contributed by atoms with Crippen molar-refractivity contribution in [1.29, 1.82) is 0 Å². The maximum atomic E-state index is 5.92. The van der Waals surface area contributed by atoms with Crippen molar-refractivity contribution in [2.75, 3.05) is 17.2 Å². The number of hydrogen-bond acceptors (Lipinski definition) is 6. The van der Waals surface area contributed by atoms with E-state index < -0.39 is 0 Å². The zero-order valence-electron chi connectivity index (χ0n) is 10.0. The number of fused-ring (bicyclic) bond motifs is 1. The number of nitrogens with two attached hydrogens (primary N) is 3. The quantitative estimate of drug-likeness (QED) is 0.603. The van der Waals surface area contributed by atoms with Crippen LogP contribution in [0.4, 0.5) is 17.3 Å². The molecule has 0 aliphatic carbocycles. The van der Waals surface area contributed by atoms with Crippen molar-refractivity contribution in [1.82, 2.24) is 15.0 Å². The van der Waals surface area contributed by atoms with Crippen molar-refractivity contribution in [2.24, 2.45) is 0 Å². The highest BCUT2D eigenvalue weighted by molar-refractivity contribution is 5.89. The number of pyridine rings is 1. The highest BCUT2D eigenvalue weighted by Gasteiger charge is 2.11. The van der Waals surface area contributed by atoms with Crippen molar-refractivity contribution in [3.63, 3.8) is 0 Å². The predicted molar refractivity (Wildman–Crippen MR) is 76.0 cm³/mol. The van der Waals surface area contributed by atoms with Crippen LogP contribution in [-0.4, -0.2) is 15.0 Å². The summed E-state index contributed by atoms with van der Waals surface area (Å²) >= 11 is 0. The van der Waals surface area contributed by atoms with E-state index in [9.17, 15) is 0 Å². The summed E-state index contributed by atoms with van der Waals surface area (Å²) in [5.41, 5.74) is 20.2. The number of nitrogens with zero attached hydrogens (tertiary/aromatic N) is 3. The monoisotopic (exact) mass is 252 g/mol. The predicted octanol–water partition coefficient (Wildman–Crippen LogP) is 1.44. The SMILES string of the molecule is Nc1cc(N)c2nc(-c3ccccc3)c(N)nc2n1. The van der Waals surface area contributed by atoms with Gasteiger partial charge in [-0.1, -0.05) is 30.3 Å². The molecule has 0 radical (unpaired) electrons. The van der Waals surface area contributed by atoms with E-state index in [-0.39, 0.29) is 0 Å². The number of aromatic nitrogens is 3. The Morgan fingerprint density at radius 2 is 1.58 bits per heavy atom. The Morgan fingerprint density at radius 1 is 0.842 bits per heavy atom. The number of rotatable bonds is 1. The zero-order chi connectivity index (χ0) is 13.4. The molecular weight excluding hydrogens is 240 g/mol. The minimum atomic E-state index is 0.297. The molecule has 0 aliphatic rings. The van der Waals surface area contributed by atoms with Crippen molar-refractivity contribution < 1.29 is 0 Å². The Labute approximate surface area is 109 Å². The topological polar surface area (TPSA) is 117 Å². The lowest BCUT2D eigenvalue weighted by molar-refractivity contribution is 1.24. The van der Waals surface area contributed by atoms with Crippen LogP contribution < -0.4 is 17.2 Å². The molecule has 19 heavy (non-hydrogen) atoms. The minimum Gasteiger partial charge on any atom is -0.397 e. The fourth-order valence-corrected chi connectivity index (χ4v) is 1.90. The molecule has 3 rings (SSSR count). The molecule has 6 nitrogen and oxygen atoms in total. The van der Waals surface area contributed by atoms with Gasteiger partial charge in [-0.05, 0) is 0 Å². The highest BCUT2D eigenvalue weighted by Crippen LogP contribution is 2.27. The van der Waals surface area contributed by atoms with Crippen LogP contribution in [0.25, 0.3) is 22.4 Å². The minimum absolute atomic E-state index is 0.297. The first kappa shape index (κ1) is 11.2. The van der Waals surface area contributed by atoms with Gasteiger partial charge in [-0.15, -0.1) is 0 Å². The fraction of sp³-hybridized carbons (Fsp3) is 0. The third kappa shape index (κ3) is 1.89. The molecule has 1 aromatic carbocycles. The molecule has 0 bridgehead atoms. The maximum absolute atomic E-state index is 5.92. The fourth-order valence-electron chi connectivity index (χ4n) is 1.90. The standard InChI is InChI=1S/C13H12N6/c14-8-6-9(15)17-13-11(8)18-10(12(16)19-13)7-4-2-1-3-5-7/h1-6H,(H6,14,15,16,17,19). The molecular formula is C13H12N6.